The molecule has 2 aliphatic rings. The molecule has 0 saturated carbocycles. The van der Waals surface area contributed by atoms with Gasteiger partial charge in [-0.15, -0.1) is 0 Å². The minimum Gasteiger partial charge on any atom is -0.309 e. The van der Waals surface area contributed by atoms with Crippen LogP contribution in [-0.2, 0) is 10.8 Å². The second-order valence-corrected chi connectivity index (χ2v) is 15.8. The SMILES string of the molecule is CC1(C)c2cccc3c2-n2c4c1cccc4c1cc(-c4ccc(N(c5ccccc5)c5cccc6ccccc56)c5ccccc45)cc(c12)C3(C)C. The predicted octanol–water partition coefficient (Wildman–Crippen LogP) is 13.5. The van der Waals surface area contributed by atoms with Crippen molar-refractivity contribution in [2.75, 3.05) is 4.90 Å². The fourth-order valence-electron chi connectivity index (χ4n) is 9.76. The van der Waals surface area contributed by atoms with Gasteiger partial charge >= 0.3 is 0 Å². The van der Waals surface area contributed by atoms with Crippen molar-refractivity contribution < 1.29 is 0 Å². The summed E-state index contributed by atoms with van der Waals surface area (Å²) in [7, 11) is 0. The zero-order valence-corrected chi connectivity index (χ0v) is 29.9. The Morgan fingerprint density at radius 2 is 1.00 bits per heavy atom. The van der Waals surface area contributed by atoms with Gasteiger partial charge in [-0.2, -0.15) is 0 Å². The van der Waals surface area contributed by atoms with E-state index in [4.69, 9.17) is 0 Å². The molecule has 2 nitrogen and oxygen atoms in total. The zero-order chi connectivity index (χ0) is 34.9. The van der Waals surface area contributed by atoms with Gasteiger partial charge in [-0.3, -0.25) is 0 Å². The average Bonchev–Trinajstić information content (AvgIpc) is 3.51. The van der Waals surface area contributed by atoms with E-state index in [-0.39, 0.29) is 10.8 Å². The molecule has 8 aromatic carbocycles. The van der Waals surface area contributed by atoms with Gasteiger partial charge in [-0.05, 0) is 80.6 Å². The standard InChI is InChI=1S/C50H38N2/c1-49(2)40-23-13-22-38-39-29-32(30-43-47(39)52(46(38)40)48-41(49)24-14-25-42(48)50(43,3)4)34-27-28-45(37-21-11-10-20-36(34)37)51(33-17-6-5-7-18-33)44-26-12-16-31-15-8-9-19-35(31)44/h5-30H,1-4H3. The molecule has 2 heteroatoms. The number of nitrogens with zero attached hydrogens (tertiary/aromatic N) is 2. The summed E-state index contributed by atoms with van der Waals surface area (Å²) < 4.78 is 2.61. The number of anilines is 3. The summed E-state index contributed by atoms with van der Waals surface area (Å²) in [6.07, 6.45) is 0. The maximum absolute atomic E-state index is 2.61. The Hall–Kier alpha value is -6.12. The van der Waals surface area contributed by atoms with Crippen LogP contribution in [0.1, 0.15) is 49.9 Å². The van der Waals surface area contributed by atoms with Gasteiger partial charge in [0.15, 0.2) is 0 Å². The lowest BCUT2D eigenvalue weighted by molar-refractivity contribution is 0.594. The van der Waals surface area contributed by atoms with Gasteiger partial charge in [0.2, 0.25) is 0 Å². The fourth-order valence-corrected chi connectivity index (χ4v) is 9.76. The van der Waals surface area contributed by atoms with Gasteiger partial charge in [0, 0.05) is 38.1 Å². The highest BCUT2D eigenvalue weighted by Gasteiger charge is 2.43. The maximum Gasteiger partial charge on any atom is 0.0582 e. The molecule has 248 valence electrons. The minimum absolute atomic E-state index is 0.0909. The molecule has 0 radical (unpaired) electrons. The van der Waals surface area contributed by atoms with Crippen LogP contribution in [0.2, 0.25) is 0 Å². The van der Waals surface area contributed by atoms with Crippen molar-refractivity contribution in [3.05, 3.63) is 180 Å². The van der Waals surface area contributed by atoms with Gasteiger partial charge in [-0.1, -0.05) is 149 Å². The Morgan fingerprint density at radius 3 is 1.81 bits per heavy atom. The summed E-state index contributed by atoms with van der Waals surface area (Å²) >= 11 is 0. The second-order valence-electron chi connectivity index (χ2n) is 15.8. The van der Waals surface area contributed by atoms with E-state index in [9.17, 15) is 0 Å². The molecular formula is C50H38N2. The fraction of sp³-hybridized carbons (Fsp3) is 0.120. The van der Waals surface area contributed by atoms with Crippen molar-refractivity contribution in [3.63, 3.8) is 0 Å². The van der Waals surface area contributed by atoms with E-state index in [0.717, 1.165) is 5.69 Å². The van der Waals surface area contributed by atoms with Crippen LogP contribution in [-0.4, -0.2) is 4.57 Å². The molecule has 52 heavy (non-hydrogen) atoms. The molecule has 9 aromatic rings. The molecule has 11 rings (SSSR count). The second kappa shape index (κ2) is 10.2. The predicted molar refractivity (Wildman–Crippen MR) is 220 cm³/mol. The first-order valence-electron chi connectivity index (χ1n) is 18.5. The first-order valence-corrected chi connectivity index (χ1v) is 18.5. The lowest BCUT2D eigenvalue weighted by atomic mass is 9.68. The third-order valence-electron chi connectivity index (χ3n) is 12.3. The number of fused-ring (bicyclic) bond motifs is 3. The number of rotatable bonds is 4. The molecule has 0 fully saturated rings. The van der Waals surface area contributed by atoms with Gasteiger partial charge in [0.1, 0.15) is 0 Å². The van der Waals surface area contributed by atoms with Gasteiger partial charge in [0.25, 0.3) is 0 Å². The topological polar surface area (TPSA) is 8.17 Å². The molecule has 3 heterocycles. The number of benzene rings is 8. The van der Waals surface area contributed by atoms with E-state index in [2.05, 4.69) is 195 Å². The van der Waals surface area contributed by atoms with Crippen LogP contribution in [0.25, 0.3) is 60.2 Å². The highest BCUT2D eigenvalue weighted by molar-refractivity contribution is 6.16. The van der Waals surface area contributed by atoms with Crippen molar-refractivity contribution in [2.24, 2.45) is 0 Å². The summed E-state index contributed by atoms with van der Waals surface area (Å²) in [5, 5.41) is 7.62. The minimum atomic E-state index is -0.175. The van der Waals surface area contributed by atoms with Crippen LogP contribution < -0.4 is 4.90 Å². The number of aromatic nitrogens is 1. The lowest BCUT2D eigenvalue weighted by Gasteiger charge is -2.42. The lowest BCUT2D eigenvalue weighted by Crippen LogP contribution is -2.33. The van der Waals surface area contributed by atoms with Crippen LogP contribution in [0.4, 0.5) is 17.1 Å². The van der Waals surface area contributed by atoms with E-state index in [1.165, 1.54) is 93.8 Å². The third kappa shape index (κ3) is 3.74. The first kappa shape index (κ1) is 29.6. The van der Waals surface area contributed by atoms with E-state index in [1.54, 1.807) is 0 Å². The van der Waals surface area contributed by atoms with Crippen LogP contribution in [0.15, 0.2) is 158 Å². The molecule has 0 spiro atoms. The van der Waals surface area contributed by atoms with Gasteiger partial charge in [0.05, 0.1) is 28.1 Å². The summed E-state index contributed by atoms with van der Waals surface area (Å²) in [6.45, 7) is 9.65. The largest absolute Gasteiger partial charge is 0.309 e. The van der Waals surface area contributed by atoms with E-state index in [1.807, 2.05) is 0 Å². The van der Waals surface area contributed by atoms with Crippen molar-refractivity contribution in [1.82, 2.24) is 4.57 Å². The molecular weight excluding hydrogens is 629 g/mol. The van der Waals surface area contributed by atoms with E-state index < -0.39 is 0 Å². The average molecular weight is 667 g/mol. The molecule has 0 N–H and O–H groups in total. The zero-order valence-electron chi connectivity index (χ0n) is 29.9. The van der Waals surface area contributed by atoms with Crippen LogP contribution >= 0.6 is 0 Å². The molecule has 0 unspecified atom stereocenters. The van der Waals surface area contributed by atoms with Gasteiger partial charge < -0.3 is 9.47 Å². The number of hydrogen-bond donors (Lipinski definition) is 0. The quantitative estimate of drug-likeness (QED) is 0.181. The Balaban J connectivity index is 1.20. The summed E-state index contributed by atoms with van der Waals surface area (Å²) in [6, 6.07) is 58.7. The van der Waals surface area contributed by atoms with Crippen molar-refractivity contribution >= 4 is 60.4 Å². The Morgan fingerprint density at radius 1 is 0.423 bits per heavy atom. The van der Waals surface area contributed by atoms with E-state index >= 15 is 0 Å². The smallest absolute Gasteiger partial charge is 0.0582 e. The first-order chi connectivity index (χ1) is 25.3. The monoisotopic (exact) mass is 666 g/mol. The Bertz CT molecular complexity index is 2950. The highest BCUT2D eigenvalue weighted by Crippen LogP contribution is 2.56. The highest BCUT2D eigenvalue weighted by atomic mass is 15.1. The third-order valence-corrected chi connectivity index (χ3v) is 12.3. The van der Waals surface area contributed by atoms with Gasteiger partial charge in [-0.25, -0.2) is 0 Å². The van der Waals surface area contributed by atoms with Crippen LogP contribution in [0, 0.1) is 0 Å². The maximum atomic E-state index is 2.61. The molecule has 2 aliphatic heterocycles. The van der Waals surface area contributed by atoms with Crippen molar-refractivity contribution in [3.8, 4) is 16.8 Å². The molecule has 0 saturated heterocycles. The molecule has 1 aromatic heterocycles. The van der Waals surface area contributed by atoms with E-state index in [0.29, 0.717) is 0 Å². The Labute approximate surface area is 304 Å². The van der Waals surface area contributed by atoms with Crippen molar-refractivity contribution in [1.29, 1.82) is 0 Å². The normalized spacial score (nSPS) is 14.8. The molecule has 0 bridgehead atoms. The summed E-state index contributed by atoms with van der Waals surface area (Å²) in [5.41, 5.74) is 15.5. The molecule has 0 amide bonds. The van der Waals surface area contributed by atoms with Crippen molar-refractivity contribution in [2.45, 2.75) is 38.5 Å². The summed E-state index contributed by atoms with van der Waals surface area (Å²) in [4.78, 5) is 2.44. The molecule has 0 atom stereocenters. The Kier molecular flexibility index (Phi) is 5.83. The van der Waals surface area contributed by atoms with Crippen LogP contribution in [0.3, 0.4) is 0 Å². The molecule has 0 aliphatic carbocycles. The number of para-hydroxylation sites is 3. The number of hydrogen-bond acceptors (Lipinski definition) is 1. The summed E-state index contributed by atoms with van der Waals surface area (Å²) in [5.74, 6) is 0. The van der Waals surface area contributed by atoms with Crippen LogP contribution in [0.5, 0.6) is 0 Å².